The number of piperidine rings is 1. The number of halogens is 1. The molecule has 3 fully saturated rings. The molecule has 33 heavy (non-hydrogen) atoms. The minimum Gasteiger partial charge on any atom is -0.490 e. The fraction of sp³-hybridized carbons (Fsp3) is 0.652. The van der Waals surface area contributed by atoms with Gasteiger partial charge in [-0.15, -0.1) is 0 Å². The molecule has 0 spiro atoms. The molecule has 1 saturated heterocycles. The van der Waals surface area contributed by atoms with Crippen LogP contribution in [0.15, 0.2) is 18.2 Å². The highest BCUT2D eigenvalue weighted by Crippen LogP contribution is 2.47. The summed E-state index contributed by atoms with van der Waals surface area (Å²) in [5.74, 6) is -0.265. The van der Waals surface area contributed by atoms with Crippen molar-refractivity contribution in [2.45, 2.75) is 69.4 Å². The summed E-state index contributed by atoms with van der Waals surface area (Å²) >= 11 is 0. The molecular formula is C23H32FN3O5S. The summed E-state index contributed by atoms with van der Waals surface area (Å²) in [5, 5.41) is 5.43. The molecule has 182 valence electrons. The van der Waals surface area contributed by atoms with Crippen molar-refractivity contribution in [3.63, 3.8) is 0 Å². The van der Waals surface area contributed by atoms with Crippen LogP contribution in [0.4, 0.5) is 4.39 Å². The fourth-order valence-corrected chi connectivity index (χ4v) is 5.69. The van der Waals surface area contributed by atoms with E-state index in [2.05, 4.69) is 15.4 Å². The Bertz CT molecular complexity index is 992. The number of amides is 2. The van der Waals surface area contributed by atoms with Crippen LogP contribution >= 0.6 is 0 Å². The zero-order valence-corrected chi connectivity index (χ0v) is 19.5. The Balaban J connectivity index is 1.20. The molecule has 10 heteroatoms. The molecule has 3 N–H and O–H groups in total. The highest BCUT2D eigenvalue weighted by Gasteiger charge is 2.47. The number of carbonyl (C=O) groups excluding carboxylic acids is 2. The van der Waals surface area contributed by atoms with Crippen LogP contribution in [0.1, 0.15) is 63.4 Å². The molecule has 2 aliphatic carbocycles. The van der Waals surface area contributed by atoms with Crippen molar-refractivity contribution in [3.05, 3.63) is 29.6 Å². The Kier molecular flexibility index (Phi) is 7.35. The highest BCUT2D eigenvalue weighted by molar-refractivity contribution is 7.89. The van der Waals surface area contributed by atoms with Crippen molar-refractivity contribution in [3.8, 4) is 5.75 Å². The molecule has 1 atom stereocenters. The van der Waals surface area contributed by atoms with Crippen LogP contribution in [0.25, 0.3) is 0 Å². The summed E-state index contributed by atoms with van der Waals surface area (Å²) in [7, 11) is -3.49. The third kappa shape index (κ3) is 6.74. The summed E-state index contributed by atoms with van der Waals surface area (Å²) < 4.78 is 47.9. The summed E-state index contributed by atoms with van der Waals surface area (Å²) in [6, 6.07) is 4.25. The number of rotatable bonds is 13. The quantitative estimate of drug-likeness (QED) is 0.294. The number of hydrogen-bond donors (Lipinski definition) is 3. The van der Waals surface area contributed by atoms with Crippen LogP contribution in [-0.2, 0) is 25.2 Å². The smallest absolute Gasteiger partial charge is 0.243 e. The third-order valence-corrected chi connectivity index (χ3v) is 8.00. The van der Waals surface area contributed by atoms with Gasteiger partial charge in [-0.1, -0.05) is 12.5 Å². The molecule has 1 unspecified atom stereocenters. The summed E-state index contributed by atoms with van der Waals surface area (Å²) in [4.78, 5) is 22.9. The topological polar surface area (TPSA) is 114 Å². The van der Waals surface area contributed by atoms with Crippen LogP contribution in [-0.4, -0.2) is 45.2 Å². The maximum atomic E-state index is 14.1. The van der Waals surface area contributed by atoms with Gasteiger partial charge in [0.05, 0.1) is 23.9 Å². The van der Waals surface area contributed by atoms with Crippen LogP contribution in [0.2, 0.25) is 0 Å². The maximum absolute atomic E-state index is 14.1. The average molecular weight is 482 g/mol. The van der Waals surface area contributed by atoms with Crippen LogP contribution < -0.4 is 20.1 Å². The van der Waals surface area contributed by atoms with E-state index in [9.17, 15) is 22.4 Å². The molecule has 0 radical (unpaired) electrons. The van der Waals surface area contributed by atoms with Crippen molar-refractivity contribution < 1.29 is 27.1 Å². The van der Waals surface area contributed by atoms with Crippen molar-refractivity contribution in [2.75, 3.05) is 18.9 Å². The minimum absolute atomic E-state index is 0.0133. The number of carbonyl (C=O) groups is 2. The molecule has 1 aromatic rings. The second kappa shape index (κ2) is 10.1. The first-order chi connectivity index (χ1) is 15.8. The van der Waals surface area contributed by atoms with E-state index in [1.807, 2.05) is 0 Å². The molecule has 0 bridgehead atoms. The lowest BCUT2D eigenvalue weighted by Gasteiger charge is -2.21. The molecule has 1 heterocycles. The lowest BCUT2D eigenvalue weighted by atomic mass is 10.1. The fourth-order valence-electron chi connectivity index (χ4n) is 4.09. The molecule has 2 amide bonds. The van der Waals surface area contributed by atoms with Crippen molar-refractivity contribution >= 4 is 21.8 Å². The largest absolute Gasteiger partial charge is 0.490 e. The van der Waals surface area contributed by atoms with E-state index in [0.29, 0.717) is 57.6 Å². The third-order valence-electron chi connectivity index (χ3n) is 6.48. The first-order valence-corrected chi connectivity index (χ1v) is 13.4. The zero-order chi connectivity index (χ0) is 23.5. The van der Waals surface area contributed by atoms with E-state index < -0.39 is 21.4 Å². The number of ether oxygens (including phenoxy) is 1. The number of imide groups is 1. The Hall–Kier alpha value is -2.04. The SMILES string of the molecule is O=C1CCC(NCCCCCS(=O)(=O)NC2(c3ccc(F)c(OCC4CC4)c3)CC2)C(=O)N1. The van der Waals surface area contributed by atoms with Crippen molar-refractivity contribution in [1.82, 2.24) is 15.4 Å². The average Bonchev–Trinajstić information content (AvgIpc) is 3.68. The zero-order valence-electron chi connectivity index (χ0n) is 18.7. The van der Waals surface area contributed by atoms with E-state index in [4.69, 9.17) is 4.74 Å². The van der Waals surface area contributed by atoms with Gasteiger partial charge in [0.2, 0.25) is 21.8 Å². The summed E-state index contributed by atoms with van der Waals surface area (Å²) in [6.07, 6.45) is 6.32. The maximum Gasteiger partial charge on any atom is 0.243 e. The number of benzene rings is 1. The Morgan fingerprint density at radius 3 is 2.61 bits per heavy atom. The predicted molar refractivity (Wildman–Crippen MR) is 120 cm³/mol. The lowest BCUT2D eigenvalue weighted by molar-refractivity contribution is -0.134. The Morgan fingerprint density at radius 2 is 1.91 bits per heavy atom. The van der Waals surface area contributed by atoms with Gasteiger partial charge in [-0.2, -0.15) is 0 Å². The molecular weight excluding hydrogens is 449 g/mol. The normalized spacial score (nSPS) is 22.2. The monoisotopic (exact) mass is 481 g/mol. The molecule has 2 saturated carbocycles. The van der Waals surface area contributed by atoms with Gasteiger partial charge in [0.15, 0.2) is 11.6 Å². The van der Waals surface area contributed by atoms with Gasteiger partial charge in [0.25, 0.3) is 0 Å². The molecule has 8 nitrogen and oxygen atoms in total. The summed E-state index contributed by atoms with van der Waals surface area (Å²) in [6.45, 7) is 1.08. The van der Waals surface area contributed by atoms with Gasteiger partial charge in [0, 0.05) is 6.42 Å². The lowest BCUT2D eigenvalue weighted by Crippen LogP contribution is -2.50. The second-order valence-electron chi connectivity index (χ2n) is 9.42. The van der Waals surface area contributed by atoms with Crippen LogP contribution in [0.5, 0.6) is 5.75 Å². The Morgan fingerprint density at radius 1 is 1.12 bits per heavy atom. The number of hydrogen-bond acceptors (Lipinski definition) is 6. The van der Waals surface area contributed by atoms with Gasteiger partial charge in [-0.25, -0.2) is 17.5 Å². The van der Waals surface area contributed by atoms with Gasteiger partial charge >= 0.3 is 0 Å². The molecule has 3 aliphatic rings. The predicted octanol–water partition coefficient (Wildman–Crippen LogP) is 2.09. The van der Waals surface area contributed by atoms with Gasteiger partial charge in [-0.05, 0) is 75.1 Å². The highest BCUT2D eigenvalue weighted by atomic mass is 32.2. The van der Waals surface area contributed by atoms with Gasteiger partial charge in [0.1, 0.15) is 0 Å². The van der Waals surface area contributed by atoms with Crippen LogP contribution in [0, 0.1) is 11.7 Å². The Labute approximate surface area is 194 Å². The van der Waals surface area contributed by atoms with Gasteiger partial charge in [-0.3, -0.25) is 14.9 Å². The second-order valence-corrected chi connectivity index (χ2v) is 11.3. The molecule has 0 aromatic heterocycles. The first kappa shape index (κ1) is 24.1. The number of nitrogens with one attached hydrogen (secondary N) is 3. The minimum atomic E-state index is -3.49. The van der Waals surface area contributed by atoms with Crippen molar-refractivity contribution in [1.29, 1.82) is 0 Å². The van der Waals surface area contributed by atoms with Crippen LogP contribution in [0.3, 0.4) is 0 Å². The standard InChI is InChI=1S/C23H32FN3O5S/c24-18-7-6-17(14-20(18)32-15-16-4-5-16)23(10-11-23)27-33(30,31)13-3-1-2-12-25-19-8-9-21(28)26-22(19)29/h6-7,14,16,19,25,27H,1-5,8-13,15H2,(H,26,28,29). The summed E-state index contributed by atoms with van der Waals surface area (Å²) in [5.41, 5.74) is 0.0732. The van der Waals surface area contributed by atoms with E-state index in [0.717, 1.165) is 24.8 Å². The number of unbranched alkanes of at least 4 members (excludes halogenated alkanes) is 2. The number of sulfonamides is 1. The molecule has 4 rings (SSSR count). The molecule has 1 aromatic carbocycles. The van der Waals surface area contributed by atoms with Crippen molar-refractivity contribution in [2.24, 2.45) is 5.92 Å². The van der Waals surface area contributed by atoms with E-state index in [-0.39, 0.29) is 29.4 Å². The molecule has 1 aliphatic heterocycles. The van der Waals surface area contributed by atoms with E-state index >= 15 is 0 Å². The first-order valence-electron chi connectivity index (χ1n) is 11.8. The van der Waals surface area contributed by atoms with E-state index in [1.165, 1.54) is 6.07 Å². The van der Waals surface area contributed by atoms with E-state index in [1.54, 1.807) is 12.1 Å². The van der Waals surface area contributed by atoms with Gasteiger partial charge < -0.3 is 10.1 Å².